The highest BCUT2D eigenvalue weighted by molar-refractivity contribution is 7.13. The summed E-state index contributed by atoms with van der Waals surface area (Å²) in [6, 6.07) is 6.77. The fraction of sp³-hybridized carbons (Fsp3) is 0.345. The van der Waals surface area contributed by atoms with Gasteiger partial charge in [-0.15, -0.1) is 11.3 Å². The zero-order valence-corrected chi connectivity index (χ0v) is 23.5. The van der Waals surface area contributed by atoms with E-state index in [0.717, 1.165) is 49.2 Å². The second-order valence-electron chi connectivity index (χ2n) is 10.1. The number of anilines is 1. The number of hydrogen-bond donors (Lipinski definition) is 1. The Hall–Kier alpha value is -3.90. The third-order valence-corrected chi connectivity index (χ3v) is 8.15. The Bertz CT molecular complexity index is 1710. The Morgan fingerprint density at radius 2 is 1.95 bits per heavy atom. The Kier molecular flexibility index (Phi) is 7.80. The van der Waals surface area contributed by atoms with E-state index in [1.807, 2.05) is 4.57 Å². The zero-order chi connectivity index (χ0) is 29.5. The van der Waals surface area contributed by atoms with E-state index in [2.05, 4.69) is 27.1 Å². The fourth-order valence-corrected chi connectivity index (χ4v) is 6.12. The van der Waals surface area contributed by atoms with Gasteiger partial charge >= 0.3 is 6.18 Å². The number of likely N-dealkylation sites (N-methyl/N-ethyl adjacent to an activating group) is 1. The number of nitrogens with one attached hydrogen (secondary N) is 1. The summed E-state index contributed by atoms with van der Waals surface area (Å²) in [5.74, 6) is -0.581. The third-order valence-electron chi connectivity index (χ3n) is 7.28. The number of benzene rings is 1. The predicted octanol–water partition coefficient (Wildman–Crippen LogP) is 6.02. The van der Waals surface area contributed by atoms with Crippen molar-refractivity contribution in [3.05, 3.63) is 63.5 Å². The van der Waals surface area contributed by atoms with Gasteiger partial charge in [-0.3, -0.25) is 14.4 Å². The van der Waals surface area contributed by atoms with Gasteiger partial charge in [0.05, 0.1) is 11.1 Å². The fourth-order valence-electron chi connectivity index (χ4n) is 5.26. The molecule has 3 aromatic heterocycles. The average Bonchev–Trinajstić information content (AvgIpc) is 3.44. The van der Waals surface area contributed by atoms with Crippen LogP contribution in [0.1, 0.15) is 55.7 Å². The second kappa shape index (κ2) is 11.2. The number of alkyl halides is 3. The van der Waals surface area contributed by atoms with Crippen LogP contribution in [0.2, 0.25) is 0 Å². The normalized spacial score (nSPS) is 16.2. The van der Waals surface area contributed by atoms with Gasteiger partial charge in [-0.05, 0) is 56.6 Å². The standard InChI is InChI=1S/C29H28F3N5O3S/c1-4-36-9-5-6-19(13-36)37-14-23(16(2)38)27(40)21-10-18(7-8-24(21)37)22-12-33-26(34-17(3)39)11-20(22)28-35-25(15-41-28)29(30,31)32/h7-8,10-12,14-15,19H,4-6,9,13H2,1-3H3,(H,33,34,39). The van der Waals surface area contributed by atoms with Crippen molar-refractivity contribution in [2.75, 3.05) is 25.0 Å². The Balaban J connectivity index is 1.70. The Morgan fingerprint density at radius 3 is 2.61 bits per heavy atom. The molecule has 1 aliphatic rings. The maximum atomic E-state index is 13.5. The first-order valence-corrected chi connectivity index (χ1v) is 14.1. The lowest BCUT2D eigenvalue weighted by Gasteiger charge is -2.34. The van der Waals surface area contributed by atoms with Gasteiger partial charge in [0.25, 0.3) is 0 Å². The van der Waals surface area contributed by atoms with E-state index >= 15 is 0 Å². The number of nitrogens with zero attached hydrogens (tertiary/aromatic N) is 4. The molecule has 0 aliphatic carbocycles. The number of fused-ring (bicyclic) bond motifs is 1. The van der Waals surface area contributed by atoms with Gasteiger partial charge in [-0.25, -0.2) is 9.97 Å². The first kappa shape index (κ1) is 28.6. The molecule has 1 aliphatic heterocycles. The number of thiazole rings is 1. The van der Waals surface area contributed by atoms with Crippen LogP contribution in [0.5, 0.6) is 0 Å². The number of amides is 1. The molecule has 8 nitrogen and oxygen atoms in total. The number of hydrogen-bond acceptors (Lipinski definition) is 7. The van der Waals surface area contributed by atoms with Crippen LogP contribution in [-0.4, -0.2) is 50.8 Å². The highest BCUT2D eigenvalue weighted by Crippen LogP contribution is 2.39. The third kappa shape index (κ3) is 5.80. The van der Waals surface area contributed by atoms with Gasteiger partial charge in [0.15, 0.2) is 16.9 Å². The molecular formula is C29H28F3N5O3S. The van der Waals surface area contributed by atoms with Crippen molar-refractivity contribution in [2.24, 2.45) is 0 Å². The maximum Gasteiger partial charge on any atom is 0.434 e. The minimum absolute atomic E-state index is 0.0704. The molecule has 4 heterocycles. The van der Waals surface area contributed by atoms with E-state index in [1.165, 1.54) is 26.1 Å². The van der Waals surface area contributed by atoms with E-state index in [0.29, 0.717) is 27.6 Å². The molecule has 0 spiro atoms. The summed E-state index contributed by atoms with van der Waals surface area (Å²) >= 11 is 0.816. The predicted molar refractivity (Wildman–Crippen MR) is 152 cm³/mol. The van der Waals surface area contributed by atoms with Crippen molar-refractivity contribution in [3.63, 3.8) is 0 Å². The quantitative estimate of drug-likeness (QED) is 0.279. The largest absolute Gasteiger partial charge is 0.434 e. The zero-order valence-electron chi connectivity index (χ0n) is 22.7. The van der Waals surface area contributed by atoms with Crippen molar-refractivity contribution in [1.82, 2.24) is 19.4 Å². The summed E-state index contributed by atoms with van der Waals surface area (Å²) in [5.41, 5.74) is 0.577. The highest BCUT2D eigenvalue weighted by Gasteiger charge is 2.34. The van der Waals surface area contributed by atoms with Gasteiger partial charge in [0.1, 0.15) is 10.8 Å². The van der Waals surface area contributed by atoms with Crippen molar-refractivity contribution < 1.29 is 22.8 Å². The van der Waals surface area contributed by atoms with Crippen LogP contribution in [-0.2, 0) is 11.0 Å². The highest BCUT2D eigenvalue weighted by atomic mass is 32.1. The van der Waals surface area contributed by atoms with Gasteiger partial charge < -0.3 is 14.8 Å². The van der Waals surface area contributed by atoms with E-state index in [9.17, 15) is 27.6 Å². The molecule has 1 unspecified atom stereocenters. The Morgan fingerprint density at radius 1 is 1.17 bits per heavy atom. The number of rotatable bonds is 6. The van der Waals surface area contributed by atoms with Crippen molar-refractivity contribution in [2.45, 2.75) is 45.8 Å². The van der Waals surface area contributed by atoms with E-state index in [-0.39, 0.29) is 28.2 Å². The molecule has 1 N–H and O–H groups in total. The van der Waals surface area contributed by atoms with Crippen LogP contribution in [0.15, 0.2) is 46.8 Å². The van der Waals surface area contributed by atoms with Crippen LogP contribution < -0.4 is 10.7 Å². The average molecular weight is 584 g/mol. The molecule has 41 heavy (non-hydrogen) atoms. The van der Waals surface area contributed by atoms with Gasteiger partial charge in [0.2, 0.25) is 5.91 Å². The van der Waals surface area contributed by atoms with Gasteiger partial charge in [0, 0.05) is 53.8 Å². The van der Waals surface area contributed by atoms with Crippen molar-refractivity contribution >= 4 is 39.7 Å². The van der Waals surface area contributed by atoms with Gasteiger partial charge in [-0.2, -0.15) is 13.2 Å². The number of carbonyl (C=O) groups is 2. The lowest BCUT2D eigenvalue weighted by Crippen LogP contribution is -2.37. The van der Waals surface area contributed by atoms with E-state index in [4.69, 9.17) is 0 Å². The van der Waals surface area contributed by atoms with Gasteiger partial charge in [-0.1, -0.05) is 13.0 Å². The van der Waals surface area contributed by atoms with E-state index < -0.39 is 23.2 Å². The molecule has 0 saturated carbocycles. The number of piperidine rings is 1. The summed E-state index contributed by atoms with van der Waals surface area (Å²) in [7, 11) is 0. The van der Waals surface area contributed by atoms with Crippen LogP contribution >= 0.6 is 11.3 Å². The number of aromatic nitrogens is 3. The molecule has 1 aromatic carbocycles. The molecule has 1 amide bonds. The molecule has 1 fully saturated rings. The second-order valence-corrected chi connectivity index (χ2v) is 10.9. The molecule has 12 heteroatoms. The van der Waals surface area contributed by atoms with Crippen LogP contribution in [0.4, 0.5) is 19.0 Å². The monoisotopic (exact) mass is 583 g/mol. The molecule has 1 saturated heterocycles. The van der Waals surface area contributed by atoms with Crippen LogP contribution in [0.3, 0.4) is 0 Å². The Labute approximate surface area is 237 Å². The smallest absolute Gasteiger partial charge is 0.342 e. The number of Topliss-reactive ketones (excluding diaryl/α,β-unsaturated/α-hetero) is 1. The van der Waals surface area contributed by atoms with Crippen molar-refractivity contribution in [3.8, 4) is 21.7 Å². The maximum absolute atomic E-state index is 13.5. The minimum atomic E-state index is -4.62. The molecular weight excluding hydrogens is 555 g/mol. The summed E-state index contributed by atoms with van der Waals surface area (Å²) < 4.78 is 42.1. The lowest BCUT2D eigenvalue weighted by atomic mass is 9.97. The summed E-state index contributed by atoms with van der Waals surface area (Å²) in [5, 5.41) is 3.89. The topological polar surface area (TPSA) is 97.2 Å². The molecule has 1 atom stereocenters. The molecule has 214 valence electrons. The molecule has 0 radical (unpaired) electrons. The number of likely N-dealkylation sites (tertiary alicyclic amines) is 1. The lowest BCUT2D eigenvalue weighted by molar-refractivity contribution is -0.140. The number of halogens is 3. The SMILES string of the molecule is CCN1CCCC(n2cc(C(C)=O)c(=O)c3cc(-c4cnc(NC(C)=O)cc4-c4nc(C(F)(F)F)cs4)ccc32)C1. The van der Waals surface area contributed by atoms with Crippen LogP contribution in [0, 0.1) is 0 Å². The molecule has 0 bridgehead atoms. The molecule has 5 rings (SSSR count). The van der Waals surface area contributed by atoms with Crippen LogP contribution in [0.25, 0.3) is 32.6 Å². The molecule has 4 aromatic rings. The summed E-state index contributed by atoms with van der Waals surface area (Å²) in [6.45, 7) is 7.44. The number of pyridine rings is 2. The summed E-state index contributed by atoms with van der Waals surface area (Å²) in [6.07, 6.45) is 0.358. The van der Waals surface area contributed by atoms with E-state index in [1.54, 1.807) is 24.4 Å². The first-order chi connectivity index (χ1) is 19.5. The number of carbonyl (C=O) groups excluding carboxylic acids is 2. The summed E-state index contributed by atoms with van der Waals surface area (Å²) in [4.78, 5) is 48.1. The van der Waals surface area contributed by atoms with Crippen molar-refractivity contribution in [1.29, 1.82) is 0 Å². The minimum Gasteiger partial charge on any atom is -0.342 e. The first-order valence-electron chi connectivity index (χ1n) is 13.2. The number of ketones is 1.